The van der Waals surface area contributed by atoms with Crippen molar-refractivity contribution in [2.75, 3.05) is 26.2 Å². The minimum atomic E-state index is 0.770. The number of hydrogen-bond acceptors (Lipinski definition) is 2. The minimum Gasteiger partial charge on any atom is -0.330 e. The van der Waals surface area contributed by atoms with Crippen LogP contribution in [-0.4, -0.2) is 31.1 Å². The van der Waals surface area contributed by atoms with Crippen molar-refractivity contribution in [2.45, 2.75) is 26.2 Å². The van der Waals surface area contributed by atoms with Gasteiger partial charge in [0, 0.05) is 6.54 Å². The lowest BCUT2D eigenvalue weighted by molar-refractivity contribution is 0.200. The van der Waals surface area contributed by atoms with E-state index in [0.717, 1.165) is 25.4 Å². The first-order valence-electron chi connectivity index (χ1n) is 5.35. The lowest BCUT2D eigenvalue weighted by Gasteiger charge is -2.31. The van der Waals surface area contributed by atoms with E-state index in [4.69, 9.17) is 5.73 Å². The van der Waals surface area contributed by atoms with E-state index in [0.29, 0.717) is 0 Å². The van der Waals surface area contributed by atoms with E-state index in [-0.39, 0.29) is 0 Å². The van der Waals surface area contributed by atoms with Crippen LogP contribution in [0.4, 0.5) is 0 Å². The molecule has 0 aliphatic carbocycles. The highest BCUT2D eigenvalue weighted by Crippen LogP contribution is 2.16. The molecule has 0 aromatic rings. The number of piperidine rings is 1. The monoisotopic (exact) mass is 182 g/mol. The van der Waals surface area contributed by atoms with Gasteiger partial charge in [-0.2, -0.15) is 0 Å². The zero-order valence-electron chi connectivity index (χ0n) is 8.76. The molecule has 0 unspecified atom stereocenters. The molecule has 0 bridgehead atoms. The summed E-state index contributed by atoms with van der Waals surface area (Å²) in [6, 6.07) is 0. The lowest BCUT2D eigenvalue weighted by Crippen LogP contribution is -2.36. The lowest BCUT2D eigenvalue weighted by atomic mass is 9.97. The van der Waals surface area contributed by atoms with Gasteiger partial charge in [-0.1, -0.05) is 19.1 Å². The van der Waals surface area contributed by atoms with Crippen molar-refractivity contribution < 1.29 is 0 Å². The summed E-state index contributed by atoms with van der Waals surface area (Å²) in [5, 5.41) is 0. The maximum absolute atomic E-state index is 5.64. The quantitative estimate of drug-likeness (QED) is 0.669. The molecule has 0 atom stereocenters. The Morgan fingerprint density at radius 3 is 2.54 bits per heavy atom. The molecular formula is C11H22N2. The van der Waals surface area contributed by atoms with E-state index >= 15 is 0 Å². The average molecular weight is 182 g/mol. The van der Waals surface area contributed by atoms with Crippen molar-refractivity contribution in [3.63, 3.8) is 0 Å². The van der Waals surface area contributed by atoms with Gasteiger partial charge in [0.2, 0.25) is 0 Å². The Labute approximate surface area is 81.8 Å². The summed E-state index contributed by atoms with van der Waals surface area (Å²) >= 11 is 0. The van der Waals surface area contributed by atoms with Crippen LogP contribution in [0.25, 0.3) is 0 Å². The number of likely N-dealkylation sites (tertiary alicyclic amines) is 1. The minimum absolute atomic E-state index is 0.770. The van der Waals surface area contributed by atoms with Crippen LogP contribution in [0.15, 0.2) is 12.2 Å². The third-order valence-corrected chi connectivity index (χ3v) is 2.99. The predicted molar refractivity (Wildman–Crippen MR) is 57.6 cm³/mol. The summed E-state index contributed by atoms with van der Waals surface area (Å²) in [5.41, 5.74) is 6.99. The third kappa shape index (κ3) is 3.49. The van der Waals surface area contributed by atoms with Gasteiger partial charge in [-0.3, -0.25) is 4.90 Å². The van der Waals surface area contributed by atoms with Gasteiger partial charge in [-0.25, -0.2) is 0 Å². The largest absolute Gasteiger partial charge is 0.330 e. The molecule has 1 aliphatic rings. The highest BCUT2D eigenvalue weighted by Gasteiger charge is 2.17. The fourth-order valence-corrected chi connectivity index (χ4v) is 1.81. The van der Waals surface area contributed by atoms with Crippen molar-refractivity contribution in [3.05, 3.63) is 12.2 Å². The molecule has 76 valence electrons. The molecule has 2 heteroatoms. The molecule has 2 nitrogen and oxygen atoms in total. The molecule has 1 saturated heterocycles. The Balaban J connectivity index is 2.21. The first-order chi connectivity index (χ1) is 6.26. The van der Waals surface area contributed by atoms with E-state index in [2.05, 4.69) is 18.4 Å². The van der Waals surface area contributed by atoms with Gasteiger partial charge in [0.15, 0.2) is 0 Å². The van der Waals surface area contributed by atoms with Crippen LogP contribution in [0.5, 0.6) is 0 Å². The van der Waals surface area contributed by atoms with Crippen LogP contribution < -0.4 is 5.73 Å². The summed E-state index contributed by atoms with van der Waals surface area (Å²) in [5.74, 6) is 0.770. The second-order valence-electron chi connectivity index (χ2n) is 4.06. The van der Waals surface area contributed by atoms with Crippen LogP contribution in [0, 0.1) is 5.92 Å². The molecule has 0 aromatic carbocycles. The highest BCUT2D eigenvalue weighted by atomic mass is 15.1. The van der Waals surface area contributed by atoms with E-state index in [1.807, 2.05) is 0 Å². The smallest absolute Gasteiger partial charge is 0.0190 e. The predicted octanol–water partition coefficient (Wildman–Crippen LogP) is 1.62. The van der Waals surface area contributed by atoms with Gasteiger partial charge in [-0.15, -0.1) is 0 Å². The van der Waals surface area contributed by atoms with Crippen LogP contribution in [0.1, 0.15) is 26.2 Å². The van der Waals surface area contributed by atoms with Gasteiger partial charge in [-0.05, 0) is 44.8 Å². The Bertz CT molecular complexity index is 157. The molecular weight excluding hydrogens is 160 g/mol. The fourth-order valence-electron chi connectivity index (χ4n) is 1.81. The van der Waals surface area contributed by atoms with Gasteiger partial charge < -0.3 is 5.73 Å². The summed E-state index contributed by atoms with van der Waals surface area (Å²) in [4.78, 5) is 2.50. The van der Waals surface area contributed by atoms with Crippen molar-refractivity contribution in [1.82, 2.24) is 4.90 Å². The van der Waals surface area contributed by atoms with E-state index < -0.39 is 0 Å². The van der Waals surface area contributed by atoms with Crippen molar-refractivity contribution in [1.29, 1.82) is 0 Å². The summed E-state index contributed by atoms with van der Waals surface area (Å²) < 4.78 is 0. The first-order valence-corrected chi connectivity index (χ1v) is 5.35. The van der Waals surface area contributed by atoms with E-state index in [1.54, 1.807) is 0 Å². The zero-order valence-corrected chi connectivity index (χ0v) is 8.76. The van der Waals surface area contributed by atoms with Crippen LogP contribution >= 0.6 is 0 Å². The second-order valence-corrected chi connectivity index (χ2v) is 4.06. The Hall–Kier alpha value is -0.340. The fraction of sp³-hybridized carbons (Fsp3) is 0.818. The van der Waals surface area contributed by atoms with Crippen molar-refractivity contribution in [3.8, 4) is 0 Å². The van der Waals surface area contributed by atoms with Gasteiger partial charge in [0.1, 0.15) is 0 Å². The number of nitrogens with two attached hydrogens (primary N) is 1. The SMILES string of the molecule is C=C(CC)CN1CCC(CN)CC1. The van der Waals surface area contributed by atoms with Crippen LogP contribution in [-0.2, 0) is 0 Å². The maximum atomic E-state index is 5.64. The average Bonchev–Trinajstić information content (AvgIpc) is 2.19. The summed E-state index contributed by atoms with van der Waals surface area (Å²) in [7, 11) is 0. The van der Waals surface area contributed by atoms with E-state index in [1.165, 1.54) is 31.5 Å². The van der Waals surface area contributed by atoms with Gasteiger partial charge >= 0.3 is 0 Å². The summed E-state index contributed by atoms with van der Waals surface area (Å²) in [6.07, 6.45) is 3.65. The number of hydrogen-bond donors (Lipinski definition) is 1. The van der Waals surface area contributed by atoms with Crippen molar-refractivity contribution >= 4 is 0 Å². The molecule has 0 aromatic heterocycles. The van der Waals surface area contributed by atoms with E-state index in [9.17, 15) is 0 Å². The molecule has 2 N–H and O–H groups in total. The van der Waals surface area contributed by atoms with Gasteiger partial charge in [0.25, 0.3) is 0 Å². The first kappa shape index (κ1) is 10.7. The molecule has 0 amide bonds. The normalized spacial score (nSPS) is 20.5. The maximum Gasteiger partial charge on any atom is 0.0190 e. The molecule has 0 saturated carbocycles. The molecule has 1 aliphatic heterocycles. The number of rotatable bonds is 4. The molecule has 1 heterocycles. The van der Waals surface area contributed by atoms with Crippen LogP contribution in [0.3, 0.4) is 0 Å². The molecule has 1 fully saturated rings. The van der Waals surface area contributed by atoms with Gasteiger partial charge in [0.05, 0.1) is 0 Å². The second kappa shape index (κ2) is 5.40. The molecule has 0 spiro atoms. The standard InChI is InChI=1S/C11H22N2/c1-3-10(2)9-13-6-4-11(8-12)5-7-13/h11H,2-9,12H2,1H3. The third-order valence-electron chi connectivity index (χ3n) is 2.99. The number of nitrogens with zero attached hydrogens (tertiary/aromatic N) is 1. The Morgan fingerprint density at radius 2 is 2.08 bits per heavy atom. The summed E-state index contributed by atoms with van der Waals surface area (Å²) in [6.45, 7) is 10.6. The zero-order chi connectivity index (χ0) is 9.68. The highest BCUT2D eigenvalue weighted by molar-refractivity contribution is 4.96. The molecule has 1 rings (SSSR count). The Kier molecular flexibility index (Phi) is 4.46. The van der Waals surface area contributed by atoms with Crippen molar-refractivity contribution in [2.24, 2.45) is 11.7 Å². The molecule has 13 heavy (non-hydrogen) atoms. The topological polar surface area (TPSA) is 29.3 Å². The molecule has 0 radical (unpaired) electrons. The Morgan fingerprint density at radius 1 is 1.46 bits per heavy atom. The van der Waals surface area contributed by atoms with Crippen LogP contribution in [0.2, 0.25) is 0 Å².